The second-order valence-corrected chi connectivity index (χ2v) is 4.36. The monoisotopic (exact) mass is 226 g/mol. The molecule has 0 aliphatic carbocycles. The summed E-state index contributed by atoms with van der Waals surface area (Å²) in [5.74, 6) is 0.0565. The molecule has 4 nitrogen and oxygen atoms in total. The van der Waals surface area contributed by atoms with Crippen molar-refractivity contribution in [3.63, 3.8) is 0 Å². The molecule has 92 valence electrons. The first kappa shape index (κ1) is 13.2. The van der Waals surface area contributed by atoms with E-state index >= 15 is 0 Å². The maximum Gasteiger partial charge on any atom is 0.246 e. The van der Waals surface area contributed by atoms with E-state index in [2.05, 4.69) is 10.6 Å². The SMILES string of the molecule is CC(C(=O)NCCCOC(C)C)=C1CNC1. The van der Waals surface area contributed by atoms with E-state index in [0.29, 0.717) is 13.2 Å². The Balaban J connectivity index is 2.11. The number of hydrogen-bond donors (Lipinski definition) is 2. The standard InChI is InChI=1S/C12H22N2O2/c1-9(2)16-6-4-5-14-12(15)10(3)11-7-13-8-11/h9,13H,4-8H2,1-3H3,(H,14,15). The van der Waals surface area contributed by atoms with Crippen molar-refractivity contribution < 1.29 is 9.53 Å². The van der Waals surface area contributed by atoms with Crippen LogP contribution in [0.15, 0.2) is 11.1 Å². The number of ether oxygens (including phenoxy) is 1. The first-order valence-corrected chi connectivity index (χ1v) is 5.90. The molecule has 1 aliphatic heterocycles. The topological polar surface area (TPSA) is 50.4 Å². The highest BCUT2D eigenvalue weighted by Gasteiger charge is 2.15. The molecule has 16 heavy (non-hydrogen) atoms. The lowest BCUT2D eigenvalue weighted by molar-refractivity contribution is -0.117. The fourth-order valence-corrected chi connectivity index (χ4v) is 1.40. The van der Waals surface area contributed by atoms with E-state index in [0.717, 1.165) is 25.1 Å². The van der Waals surface area contributed by atoms with E-state index in [4.69, 9.17) is 4.74 Å². The predicted molar refractivity (Wildman–Crippen MR) is 64.3 cm³/mol. The van der Waals surface area contributed by atoms with Crippen LogP contribution in [-0.2, 0) is 9.53 Å². The van der Waals surface area contributed by atoms with E-state index in [9.17, 15) is 4.79 Å². The molecule has 2 N–H and O–H groups in total. The lowest BCUT2D eigenvalue weighted by Crippen LogP contribution is -2.37. The molecule has 0 bridgehead atoms. The van der Waals surface area contributed by atoms with E-state index in [-0.39, 0.29) is 12.0 Å². The highest BCUT2D eigenvalue weighted by molar-refractivity contribution is 5.93. The highest BCUT2D eigenvalue weighted by Crippen LogP contribution is 2.08. The maximum absolute atomic E-state index is 11.6. The van der Waals surface area contributed by atoms with Gasteiger partial charge in [-0.2, -0.15) is 0 Å². The summed E-state index contributed by atoms with van der Waals surface area (Å²) < 4.78 is 5.39. The van der Waals surface area contributed by atoms with Crippen molar-refractivity contribution in [2.75, 3.05) is 26.2 Å². The number of amides is 1. The van der Waals surface area contributed by atoms with Gasteiger partial charge in [-0.15, -0.1) is 0 Å². The third kappa shape index (κ3) is 4.33. The van der Waals surface area contributed by atoms with Gasteiger partial charge in [0.2, 0.25) is 5.91 Å². The zero-order valence-corrected chi connectivity index (χ0v) is 10.4. The molecule has 0 radical (unpaired) electrons. The van der Waals surface area contributed by atoms with Crippen molar-refractivity contribution in [2.24, 2.45) is 0 Å². The first-order chi connectivity index (χ1) is 7.61. The van der Waals surface area contributed by atoms with Gasteiger partial charge < -0.3 is 15.4 Å². The third-order valence-corrected chi connectivity index (χ3v) is 2.61. The molecular weight excluding hydrogens is 204 g/mol. The highest BCUT2D eigenvalue weighted by atomic mass is 16.5. The van der Waals surface area contributed by atoms with Crippen molar-refractivity contribution in [3.05, 3.63) is 11.1 Å². The zero-order chi connectivity index (χ0) is 12.0. The van der Waals surface area contributed by atoms with E-state index in [1.54, 1.807) is 0 Å². The van der Waals surface area contributed by atoms with Gasteiger partial charge in [0.15, 0.2) is 0 Å². The second-order valence-electron chi connectivity index (χ2n) is 4.36. The molecule has 0 atom stereocenters. The average molecular weight is 226 g/mol. The summed E-state index contributed by atoms with van der Waals surface area (Å²) in [6.45, 7) is 9.01. The Hall–Kier alpha value is -0.870. The van der Waals surface area contributed by atoms with Gasteiger partial charge in [-0.3, -0.25) is 4.79 Å². The molecule has 1 saturated heterocycles. The summed E-state index contributed by atoms with van der Waals surface area (Å²) >= 11 is 0. The summed E-state index contributed by atoms with van der Waals surface area (Å²) in [5, 5.41) is 6.03. The van der Waals surface area contributed by atoms with Crippen LogP contribution in [0.2, 0.25) is 0 Å². The van der Waals surface area contributed by atoms with Crippen LogP contribution in [0, 0.1) is 0 Å². The molecule has 1 aliphatic rings. The number of rotatable bonds is 6. The van der Waals surface area contributed by atoms with Crippen molar-refractivity contribution in [1.29, 1.82) is 0 Å². The van der Waals surface area contributed by atoms with Gasteiger partial charge in [-0.25, -0.2) is 0 Å². The average Bonchev–Trinajstić information content (AvgIpc) is 2.13. The summed E-state index contributed by atoms with van der Waals surface area (Å²) in [6.07, 6.45) is 1.13. The van der Waals surface area contributed by atoms with E-state index in [1.165, 1.54) is 5.57 Å². The van der Waals surface area contributed by atoms with E-state index < -0.39 is 0 Å². The van der Waals surface area contributed by atoms with Crippen molar-refractivity contribution in [3.8, 4) is 0 Å². The van der Waals surface area contributed by atoms with Crippen molar-refractivity contribution >= 4 is 5.91 Å². The van der Waals surface area contributed by atoms with Crippen molar-refractivity contribution in [2.45, 2.75) is 33.3 Å². The summed E-state index contributed by atoms with van der Waals surface area (Å²) in [4.78, 5) is 11.6. The Morgan fingerprint density at radius 3 is 2.69 bits per heavy atom. The normalized spacial score (nSPS) is 14.9. The largest absolute Gasteiger partial charge is 0.379 e. The van der Waals surface area contributed by atoms with Crippen LogP contribution < -0.4 is 10.6 Å². The molecule has 0 unspecified atom stereocenters. The Bertz CT molecular complexity index is 266. The molecule has 0 spiro atoms. The Morgan fingerprint density at radius 1 is 1.50 bits per heavy atom. The minimum Gasteiger partial charge on any atom is -0.379 e. The fraction of sp³-hybridized carbons (Fsp3) is 0.750. The van der Waals surface area contributed by atoms with Crippen LogP contribution in [0.4, 0.5) is 0 Å². The van der Waals surface area contributed by atoms with Gasteiger partial charge in [-0.05, 0) is 32.8 Å². The Morgan fingerprint density at radius 2 is 2.19 bits per heavy atom. The van der Waals surface area contributed by atoms with Crippen LogP contribution in [0.1, 0.15) is 27.2 Å². The number of hydrogen-bond acceptors (Lipinski definition) is 3. The quantitative estimate of drug-likeness (QED) is 0.521. The molecule has 1 fully saturated rings. The molecule has 1 heterocycles. The van der Waals surface area contributed by atoms with Crippen LogP contribution in [-0.4, -0.2) is 38.3 Å². The first-order valence-electron chi connectivity index (χ1n) is 5.90. The van der Waals surface area contributed by atoms with Crippen LogP contribution in [0.3, 0.4) is 0 Å². The zero-order valence-electron chi connectivity index (χ0n) is 10.4. The van der Waals surface area contributed by atoms with Crippen molar-refractivity contribution in [1.82, 2.24) is 10.6 Å². The number of carbonyl (C=O) groups is 1. The maximum atomic E-state index is 11.6. The predicted octanol–water partition coefficient (Wildman–Crippen LogP) is 0.837. The van der Waals surface area contributed by atoms with Gasteiger partial charge in [0.25, 0.3) is 0 Å². The van der Waals surface area contributed by atoms with Gasteiger partial charge in [0.05, 0.1) is 6.10 Å². The van der Waals surface area contributed by atoms with Crippen LogP contribution >= 0.6 is 0 Å². The molecule has 0 aromatic rings. The van der Waals surface area contributed by atoms with Crippen LogP contribution in [0.25, 0.3) is 0 Å². The Labute approximate surface area is 97.4 Å². The van der Waals surface area contributed by atoms with Crippen LogP contribution in [0.5, 0.6) is 0 Å². The lowest BCUT2D eigenvalue weighted by Gasteiger charge is -2.21. The molecule has 0 aromatic carbocycles. The summed E-state index contributed by atoms with van der Waals surface area (Å²) in [6, 6.07) is 0. The number of nitrogens with one attached hydrogen (secondary N) is 2. The van der Waals surface area contributed by atoms with Gasteiger partial charge in [0, 0.05) is 31.8 Å². The molecule has 0 saturated carbocycles. The van der Waals surface area contributed by atoms with E-state index in [1.807, 2.05) is 20.8 Å². The Kier molecular flexibility index (Phi) is 5.49. The molecular formula is C12H22N2O2. The van der Waals surface area contributed by atoms with Gasteiger partial charge >= 0.3 is 0 Å². The fourth-order valence-electron chi connectivity index (χ4n) is 1.40. The smallest absolute Gasteiger partial charge is 0.246 e. The molecule has 1 rings (SSSR count). The minimum absolute atomic E-state index is 0.0565. The second kappa shape index (κ2) is 6.66. The summed E-state index contributed by atoms with van der Waals surface area (Å²) in [7, 11) is 0. The minimum atomic E-state index is 0.0565. The summed E-state index contributed by atoms with van der Waals surface area (Å²) in [5.41, 5.74) is 2.08. The van der Waals surface area contributed by atoms with Gasteiger partial charge in [-0.1, -0.05) is 0 Å². The molecule has 4 heteroatoms. The third-order valence-electron chi connectivity index (χ3n) is 2.61. The molecule has 0 aromatic heterocycles. The molecule has 1 amide bonds. The van der Waals surface area contributed by atoms with Gasteiger partial charge in [0.1, 0.15) is 0 Å². The lowest BCUT2D eigenvalue weighted by atomic mass is 10.0. The number of carbonyl (C=O) groups excluding carboxylic acids is 1.